The molecule has 2 aromatic rings. The van der Waals surface area contributed by atoms with Crippen molar-refractivity contribution in [1.29, 1.82) is 0 Å². The van der Waals surface area contributed by atoms with Gasteiger partial charge in [-0.05, 0) is 55.2 Å². The van der Waals surface area contributed by atoms with Crippen molar-refractivity contribution in [1.82, 2.24) is 5.32 Å². The summed E-state index contributed by atoms with van der Waals surface area (Å²) in [5, 5.41) is 5.67. The zero-order chi connectivity index (χ0) is 19.6. The van der Waals surface area contributed by atoms with E-state index in [-0.39, 0.29) is 18.2 Å². The van der Waals surface area contributed by atoms with Crippen molar-refractivity contribution in [2.75, 3.05) is 19.0 Å². The van der Waals surface area contributed by atoms with Gasteiger partial charge in [0.05, 0.1) is 7.11 Å². The van der Waals surface area contributed by atoms with E-state index in [2.05, 4.69) is 26.6 Å². The molecule has 0 fully saturated rings. The van der Waals surface area contributed by atoms with Crippen LogP contribution in [-0.4, -0.2) is 25.5 Å². The average Bonchev–Trinajstić information content (AvgIpc) is 2.65. The third kappa shape index (κ3) is 7.43. The van der Waals surface area contributed by atoms with Crippen LogP contribution in [0.2, 0.25) is 0 Å². The van der Waals surface area contributed by atoms with Gasteiger partial charge in [-0.2, -0.15) is 0 Å². The van der Waals surface area contributed by atoms with Crippen LogP contribution < -0.4 is 15.4 Å². The van der Waals surface area contributed by atoms with Gasteiger partial charge in [0.15, 0.2) is 0 Å². The highest BCUT2D eigenvalue weighted by molar-refractivity contribution is 9.10. The Kier molecular flexibility index (Phi) is 8.33. The fourth-order valence-electron chi connectivity index (χ4n) is 2.59. The number of ether oxygens (including phenoxy) is 1. The molecule has 0 bridgehead atoms. The van der Waals surface area contributed by atoms with Crippen molar-refractivity contribution < 1.29 is 14.3 Å². The van der Waals surface area contributed by atoms with Crippen LogP contribution >= 0.6 is 15.9 Å². The number of hydrogen-bond acceptors (Lipinski definition) is 3. The topological polar surface area (TPSA) is 67.4 Å². The first-order valence-electron chi connectivity index (χ1n) is 8.93. The van der Waals surface area contributed by atoms with Crippen molar-refractivity contribution in [3.63, 3.8) is 0 Å². The zero-order valence-corrected chi connectivity index (χ0v) is 17.3. The van der Waals surface area contributed by atoms with Crippen molar-refractivity contribution in [3.05, 3.63) is 58.1 Å². The Labute approximate surface area is 168 Å². The number of aryl methyl sites for hydroxylation is 2. The predicted octanol–water partition coefficient (Wildman–Crippen LogP) is 4.23. The first-order valence-corrected chi connectivity index (χ1v) is 9.73. The zero-order valence-electron chi connectivity index (χ0n) is 15.7. The molecule has 27 heavy (non-hydrogen) atoms. The third-order valence-electron chi connectivity index (χ3n) is 4.18. The first-order chi connectivity index (χ1) is 13.0. The van der Waals surface area contributed by atoms with Crippen LogP contribution in [0.15, 0.2) is 46.9 Å². The molecule has 2 amide bonds. The highest BCUT2D eigenvalue weighted by Crippen LogP contribution is 2.20. The second kappa shape index (κ2) is 10.7. The summed E-state index contributed by atoms with van der Waals surface area (Å²) < 4.78 is 6.04. The molecular weight excluding hydrogens is 408 g/mol. The molecule has 0 aliphatic carbocycles. The molecule has 0 atom stereocenters. The van der Waals surface area contributed by atoms with E-state index in [4.69, 9.17) is 4.74 Å². The maximum atomic E-state index is 12.0. The molecule has 0 aliphatic rings. The van der Waals surface area contributed by atoms with Gasteiger partial charge in [-0.25, -0.2) is 0 Å². The van der Waals surface area contributed by atoms with Crippen LogP contribution in [-0.2, 0) is 16.0 Å². The number of benzene rings is 2. The van der Waals surface area contributed by atoms with Gasteiger partial charge in [-0.3, -0.25) is 9.59 Å². The van der Waals surface area contributed by atoms with Gasteiger partial charge in [0.1, 0.15) is 5.75 Å². The Morgan fingerprint density at radius 2 is 1.78 bits per heavy atom. The quantitative estimate of drug-likeness (QED) is 0.622. The summed E-state index contributed by atoms with van der Waals surface area (Å²) >= 11 is 3.39. The number of rotatable bonds is 9. The van der Waals surface area contributed by atoms with E-state index in [1.807, 2.05) is 49.4 Å². The summed E-state index contributed by atoms with van der Waals surface area (Å²) in [4.78, 5) is 23.9. The minimum Gasteiger partial charge on any atom is -0.497 e. The number of halogens is 1. The van der Waals surface area contributed by atoms with Gasteiger partial charge < -0.3 is 15.4 Å². The van der Waals surface area contributed by atoms with Gasteiger partial charge in [0.25, 0.3) is 0 Å². The van der Waals surface area contributed by atoms with Crippen LogP contribution in [0.4, 0.5) is 5.69 Å². The fourth-order valence-corrected chi connectivity index (χ4v) is 2.95. The molecular formula is C21H25BrN2O3. The highest BCUT2D eigenvalue weighted by Gasteiger charge is 2.07. The van der Waals surface area contributed by atoms with Gasteiger partial charge in [-0.15, -0.1) is 0 Å². The SMILES string of the molecule is COc1ccc(CCCC(=O)NCCC(=O)Nc2cc(Br)ccc2C)cc1. The molecule has 0 radical (unpaired) electrons. The molecule has 5 nitrogen and oxygen atoms in total. The van der Waals surface area contributed by atoms with E-state index in [1.54, 1.807) is 7.11 Å². The fraction of sp³-hybridized carbons (Fsp3) is 0.333. The van der Waals surface area contributed by atoms with Crippen LogP contribution in [0.5, 0.6) is 5.75 Å². The summed E-state index contributed by atoms with van der Waals surface area (Å²) in [5.74, 6) is 0.678. The van der Waals surface area contributed by atoms with E-state index in [1.165, 1.54) is 5.56 Å². The van der Waals surface area contributed by atoms with Crippen molar-refractivity contribution in [2.24, 2.45) is 0 Å². The molecule has 0 spiro atoms. The highest BCUT2D eigenvalue weighted by atomic mass is 79.9. The molecule has 0 aliphatic heterocycles. The smallest absolute Gasteiger partial charge is 0.226 e. The number of anilines is 1. The van der Waals surface area contributed by atoms with E-state index in [0.717, 1.165) is 34.3 Å². The number of carbonyl (C=O) groups excluding carboxylic acids is 2. The molecule has 2 rings (SSSR count). The summed E-state index contributed by atoms with van der Waals surface area (Å²) in [7, 11) is 1.64. The summed E-state index contributed by atoms with van der Waals surface area (Å²) in [5.41, 5.74) is 2.95. The molecule has 0 saturated carbocycles. The molecule has 0 aromatic heterocycles. The van der Waals surface area contributed by atoms with E-state index >= 15 is 0 Å². The van der Waals surface area contributed by atoms with Gasteiger partial charge >= 0.3 is 0 Å². The van der Waals surface area contributed by atoms with Crippen LogP contribution in [0.1, 0.15) is 30.4 Å². The lowest BCUT2D eigenvalue weighted by molar-refractivity contribution is -0.121. The lowest BCUT2D eigenvalue weighted by Crippen LogP contribution is -2.27. The maximum absolute atomic E-state index is 12.0. The Morgan fingerprint density at radius 3 is 2.48 bits per heavy atom. The summed E-state index contributed by atoms with van der Waals surface area (Å²) in [6, 6.07) is 13.6. The molecule has 2 aromatic carbocycles. The molecule has 144 valence electrons. The summed E-state index contributed by atoms with van der Waals surface area (Å²) in [6.45, 7) is 2.27. The number of nitrogens with one attached hydrogen (secondary N) is 2. The van der Waals surface area contributed by atoms with Gasteiger partial charge in [0, 0.05) is 29.5 Å². The molecule has 2 N–H and O–H groups in total. The second-order valence-electron chi connectivity index (χ2n) is 6.31. The van der Waals surface area contributed by atoms with Crippen molar-refractivity contribution >= 4 is 33.4 Å². The Balaban J connectivity index is 1.63. The third-order valence-corrected chi connectivity index (χ3v) is 4.67. The number of hydrogen-bond donors (Lipinski definition) is 2. The monoisotopic (exact) mass is 432 g/mol. The normalized spacial score (nSPS) is 10.3. The predicted molar refractivity (Wildman–Crippen MR) is 111 cm³/mol. The number of methoxy groups -OCH3 is 1. The molecule has 6 heteroatoms. The Bertz CT molecular complexity index is 775. The minimum absolute atomic E-state index is 0.0325. The largest absolute Gasteiger partial charge is 0.497 e. The molecule has 0 heterocycles. The minimum atomic E-state index is -0.116. The summed E-state index contributed by atoms with van der Waals surface area (Å²) in [6.07, 6.45) is 2.29. The second-order valence-corrected chi connectivity index (χ2v) is 7.22. The first kappa shape index (κ1) is 21.0. The van der Waals surface area contributed by atoms with Crippen LogP contribution in [0.25, 0.3) is 0 Å². The lowest BCUT2D eigenvalue weighted by Gasteiger charge is -2.09. The Hall–Kier alpha value is -2.34. The van der Waals surface area contributed by atoms with E-state index in [9.17, 15) is 9.59 Å². The van der Waals surface area contributed by atoms with Crippen LogP contribution in [0, 0.1) is 6.92 Å². The van der Waals surface area contributed by atoms with Crippen molar-refractivity contribution in [3.8, 4) is 5.75 Å². The van der Waals surface area contributed by atoms with E-state index < -0.39 is 0 Å². The lowest BCUT2D eigenvalue weighted by atomic mass is 10.1. The average molecular weight is 433 g/mol. The molecule has 0 unspecified atom stereocenters. The van der Waals surface area contributed by atoms with Crippen LogP contribution in [0.3, 0.4) is 0 Å². The maximum Gasteiger partial charge on any atom is 0.226 e. The Morgan fingerprint density at radius 1 is 1.04 bits per heavy atom. The number of carbonyl (C=O) groups is 2. The molecule has 0 saturated heterocycles. The van der Waals surface area contributed by atoms with E-state index in [0.29, 0.717) is 13.0 Å². The standard InChI is InChI=1S/C21H25BrN2O3/c1-15-6-9-17(22)14-19(15)24-21(26)12-13-23-20(25)5-3-4-16-7-10-18(27-2)11-8-16/h6-11,14H,3-5,12-13H2,1-2H3,(H,23,25)(H,24,26). The van der Waals surface area contributed by atoms with Gasteiger partial charge in [-0.1, -0.05) is 34.1 Å². The van der Waals surface area contributed by atoms with Gasteiger partial charge in [0.2, 0.25) is 11.8 Å². The van der Waals surface area contributed by atoms with Crippen molar-refractivity contribution in [2.45, 2.75) is 32.6 Å². The number of amides is 2.